The largest absolute Gasteiger partial charge is 0.365 e. The molecule has 0 aliphatic carbocycles. The van der Waals surface area contributed by atoms with Crippen LogP contribution in [0.4, 0.5) is 5.69 Å². The van der Waals surface area contributed by atoms with Gasteiger partial charge in [0.05, 0.1) is 0 Å². The van der Waals surface area contributed by atoms with Gasteiger partial charge < -0.3 is 10.6 Å². The van der Waals surface area contributed by atoms with Crippen LogP contribution in [-0.2, 0) is 6.54 Å². The molecule has 3 nitrogen and oxygen atoms in total. The molecule has 0 saturated carbocycles. The van der Waals surface area contributed by atoms with Crippen LogP contribution in [0.1, 0.15) is 30.9 Å². The lowest BCUT2D eigenvalue weighted by atomic mass is 10.0. The maximum Gasteiger partial charge on any atom is 0.0444 e. The lowest BCUT2D eigenvalue weighted by molar-refractivity contribution is 0.202. The van der Waals surface area contributed by atoms with Crippen LogP contribution in [0, 0.1) is 6.92 Å². The van der Waals surface area contributed by atoms with E-state index in [1.807, 2.05) is 0 Å². The number of benzene rings is 1. The molecule has 0 bridgehead atoms. The second-order valence-electron chi connectivity index (χ2n) is 6.08. The van der Waals surface area contributed by atoms with E-state index in [9.17, 15) is 0 Å². The minimum absolute atomic E-state index is 0.584. The summed E-state index contributed by atoms with van der Waals surface area (Å²) in [5, 5.41) is 0. The Morgan fingerprint density at radius 2 is 2.16 bits per heavy atom. The first-order chi connectivity index (χ1) is 9.20. The standard InChI is InChI=1S/C16H25N3/c1-12-5-3-6-14(9-17)16(12)19-11-15-7-4-8-18(15)10-13(19)2/h3,5-6,13,15H,4,7-11,17H2,1-2H3. The number of rotatable bonds is 2. The van der Waals surface area contributed by atoms with Crippen LogP contribution in [0.3, 0.4) is 0 Å². The Hall–Kier alpha value is -1.06. The maximum atomic E-state index is 5.94. The first-order valence-electron chi connectivity index (χ1n) is 7.50. The predicted molar refractivity (Wildman–Crippen MR) is 80.5 cm³/mol. The molecule has 0 aromatic heterocycles. The first-order valence-corrected chi connectivity index (χ1v) is 7.50. The topological polar surface area (TPSA) is 32.5 Å². The van der Waals surface area contributed by atoms with E-state index in [2.05, 4.69) is 41.8 Å². The molecule has 104 valence electrons. The number of piperazine rings is 1. The Labute approximate surface area is 116 Å². The van der Waals surface area contributed by atoms with Gasteiger partial charge in [0, 0.05) is 37.4 Å². The Kier molecular flexibility index (Phi) is 3.50. The van der Waals surface area contributed by atoms with Gasteiger partial charge in [-0.25, -0.2) is 0 Å². The van der Waals surface area contributed by atoms with Crippen LogP contribution < -0.4 is 10.6 Å². The van der Waals surface area contributed by atoms with Crippen molar-refractivity contribution in [2.45, 2.75) is 45.3 Å². The third-order valence-electron chi connectivity index (χ3n) is 4.77. The normalized spacial score (nSPS) is 27.6. The summed E-state index contributed by atoms with van der Waals surface area (Å²) in [5.41, 5.74) is 9.99. The van der Waals surface area contributed by atoms with Crippen molar-refractivity contribution in [3.8, 4) is 0 Å². The zero-order valence-electron chi connectivity index (χ0n) is 12.1. The maximum absolute atomic E-state index is 5.94. The highest BCUT2D eigenvalue weighted by Gasteiger charge is 2.35. The van der Waals surface area contributed by atoms with E-state index in [0.717, 1.165) is 6.04 Å². The summed E-state index contributed by atoms with van der Waals surface area (Å²) < 4.78 is 0. The van der Waals surface area contributed by atoms with Gasteiger partial charge in [0.25, 0.3) is 0 Å². The second kappa shape index (κ2) is 5.14. The van der Waals surface area contributed by atoms with Crippen molar-refractivity contribution in [1.82, 2.24) is 4.90 Å². The van der Waals surface area contributed by atoms with Crippen LogP contribution in [0.2, 0.25) is 0 Å². The summed E-state index contributed by atoms with van der Waals surface area (Å²) in [6, 6.07) is 7.85. The highest BCUT2D eigenvalue weighted by atomic mass is 15.3. The van der Waals surface area contributed by atoms with E-state index in [1.54, 1.807) is 0 Å². The zero-order valence-corrected chi connectivity index (χ0v) is 12.1. The lowest BCUT2D eigenvalue weighted by Crippen LogP contribution is -2.55. The van der Waals surface area contributed by atoms with Crippen molar-refractivity contribution in [2.75, 3.05) is 24.5 Å². The average molecular weight is 259 g/mol. The van der Waals surface area contributed by atoms with Crippen molar-refractivity contribution in [3.05, 3.63) is 29.3 Å². The molecule has 2 aliphatic heterocycles. The van der Waals surface area contributed by atoms with Crippen molar-refractivity contribution in [2.24, 2.45) is 5.73 Å². The zero-order chi connectivity index (χ0) is 13.4. The van der Waals surface area contributed by atoms with E-state index >= 15 is 0 Å². The molecule has 2 heterocycles. The molecule has 0 spiro atoms. The number of anilines is 1. The summed E-state index contributed by atoms with van der Waals surface area (Å²) >= 11 is 0. The Morgan fingerprint density at radius 3 is 2.95 bits per heavy atom. The molecule has 1 aromatic carbocycles. The number of hydrogen-bond donors (Lipinski definition) is 1. The van der Waals surface area contributed by atoms with Crippen LogP contribution in [0.15, 0.2) is 18.2 Å². The van der Waals surface area contributed by atoms with E-state index in [0.29, 0.717) is 12.6 Å². The number of nitrogens with two attached hydrogens (primary N) is 1. The monoisotopic (exact) mass is 259 g/mol. The molecule has 1 aromatic rings. The minimum Gasteiger partial charge on any atom is -0.365 e. The van der Waals surface area contributed by atoms with Crippen LogP contribution in [0.25, 0.3) is 0 Å². The van der Waals surface area contributed by atoms with Crippen molar-refractivity contribution >= 4 is 5.69 Å². The second-order valence-corrected chi connectivity index (χ2v) is 6.08. The fraction of sp³-hybridized carbons (Fsp3) is 0.625. The number of nitrogens with zero attached hydrogens (tertiary/aromatic N) is 2. The third kappa shape index (κ3) is 2.26. The molecule has 0 radical (unpaired) electrons. The third-order valence-corrected chi connectivity index (χ3v) is 4.77. The number of para-hydroxylation sites is 1. The van der Waals surface area contributed by atoms with Crippen molar-refractivity contribution in [1.29, 1.82) is 0 Å². The van der Waals surface area contributed by atoms with Crippen molar-refractivity contribution in [3.63, 3.8) is 0 Å². The summed E-state index contributed by atoms with van der Waals surface area (Å²) in [7, 11) is 0. The molecule has 3 heteroatoms. The predicted octanol–water partition coefficient (Wildman–Crippen LogP) is 2.13. The molecule has 2 atom stereocenters. The van der Waals surface area contributed by atoms with Gasteiger partial charge >= 0.3 is 0 Å². The number of hydrogen-bond acceptors (Lipinski definition) is 3. The lowest BCUT2D eigenvalue weighted by Gasteiger charge is -2.45. The average Bonchev–Trinajstić information content (AvgIpc) is 2.84. The van der Waals surface area contributed by atoms with E-state index < -0.39 is 0 Å². The van der Waals surface area contributed by atoms with Crippen LogP contribution in [-0.4, -0.2) is 36.6 Å². The van der Waals surface area contributed by atoms with Crippen LogP contribution >= 0.6 is 0 Å². The van der Waals surface area contributed by atoms with Gasteiger partial charge in [-0.15, -0.1) is 0 Å². The molecule has 2 unspecified atom stereocenters. The molecule has 0 amide bonds. The first kappa shape index (κ1) is 12.9. The molecular weight excluding hydrogens is 234 g/mol. The number of fused-ring (bicyclic) bond motifs is 1. The van der Waals surface area contributed by atoms with Gasteiger partial charge in [0.2, 0.25) is 0 Å². The summed E-state index contributed by atoms with van der Waals surface area (Å²) in [6.45, 7) is 8.85. The molecule has 2 N–H and O–H groups in total. The fourth-order valence-corrected chi connectivity index (χ4v) is 3.79. The van der Waals surface area contributed by atoms with E-state index in [-0.39, 0.29) is 0 Å². The van der Waals surface area contributed by atoms with Gasteiger partial charge in [0.15, 0.2) is 0 Å². The summed E-state index contributed by atoms with van der Waals surface area (Å²) in [6.07, 6.45) is 2.72. The molecule has 2 aliphatic rings. The Balaban J connectivity index is 1.93. The molecule has 2 saturated heterocycles. The van der Waals surface area contributed by atoms with E-state index in [1.165, 1.54) is 49.3 Å². The fourth-order valence-electron chi connectivity index (χ4n) is 3.79. The summed E-state index contributed by atoms with van der Waals surface area (Å²) in [4.78, 5) is 5.27. The van der Waals surface area contributed by atoms with Crippen molar-refractivity contribution < 1.29 is 0 Å². The SMILES string of the molecule is Cc1cccc(CN)c1N1CC2CCCN2CC1C. The van der Waals surface area contributed by atoms with Gasteiger partial charge in [0.1, 0.15) is 0 Å². The smallest absolute Gasteiger partial charge is 0.0444 e. The minimum atomic E-state index is 0.584. The Morgan fingerprint density at radius 1 is 1.32 bits per heavy atom. The van der Waals surface area contributed by atoms with E-state index in [4.69, 9.17) is 5.73 Å². The Bertz CT molecular complexity index is 457. The molecule has 19 heavy (non-hydrogen) atoms. The van der Waals surface area contributed by atoms with Gasteiger partial charge in [-0.3, -0.25) is 4.90 Å². The number of aryl methyl sites for hydroxylation is 1. The van der Waals surface area contributed by atoms with Gasteiger partial charge in [-0.1, -0.05) is 18.2 Å². The summed E-state index contributed by atoms with van der Waals surface area (Å²) in [5.74, 6) is 0. The van der Waals surface area contributed by atoms with Crippen LogP contribution in [0.5, 0.6) is 0 Å². The van der Waals surface area contributed by atoms with Gasteiger partial charge in [-0.2, -0.15) is 0 Å². The van der Waals surface area contributed by atoms with Gasteiger partial charge in [-0.05, 0) is 44.4 Å². The highest BCUT2D eigenvalue weighted by Crippen LogP contribution is 2.32. The molecule has 2 fully saturated rings. The molecular formula is C16H25N3. The molecule has 3 rings (SSSR count). The quantitative estimate of drug-likeness (QED) is 0.883. The highest BCUT2D eigenvalue weighted by molar-refractivity contribution is 5.60.